The summed E-state index contributed by atoms with van der Waals surface area (Å²) in [5.41, 5.74) is 0. The summed E-state index contributed by atoms with van der Waals surface area (Å²) in [4.78, 5) is 2.53. The Bertz CT molecular complexity index is 323. The van der Waals surface area contributed by atoms with Crippen molar-refractivity contribution in [3.05, 3.63) is 27.8 Å². The number of likely N-dealkylation sites (tertiary alicyclic amines) is 1. The van der Waals surface area contributed by atoms with Gasteiger partial charge in [0.05, 0.1) is 10.2 Å². The molecule has 0 bridgehead atoms. The first kappa shape index (κ1) is 12.2. The van der Waals surface area contributed by atoms with Gasteiger partial charge in [0.15, 0.2) is 0 Å². The molecule has 2 nitrogen and oxygen atoms in total. The standard InChI is InChI=1S/C13H18INO/c14-12-6-1-2-7-13(12)16-11-5-10-15-8-3-4-9-15/h1-2,6-7H,3-5,8-11H2. The van der Waals surface area contributed by atoms with Crippen LogP contribution in [-0.4, -0.2) is 31.1 Å². The lowest BCUT2D eigenvalue weighted by atomic mass is 10.3. The molecule has 1 heterocycles. The van der Waals surface area contributed by atoms with Gasteiger partial charge in [0, 0.05) is 6.54 Å². The number of benzene rings is 1. The van der Waals surface area contributed by atoms with Crippen LogP contribution in [0.15, 0.2) is 24.3 Å². The van der Waals surface area contributed by atoms with E-state index in [1.807, 2.05) is 18.2 Å². The predicted octanol–water partition coefficient (Wildman–Crippen LogP) is 3.16. The monoisotopic (exact) mass is 331 g/mol. The summed E-state index contributed by atoms with van der Waals surface area (Å²) < 4.78 is 6.96. The maximum absolute atomic E-state index is 5.76. The Morgan fingerprint density at radius 1 is 1.19 bits per heavy atom. The first-order valence-corrected chi connectivity index (χ1v) is 7.04. The fourth-order valence-corrected chi connectivity index (χ4v) is 2.58. The molecule has 0 amide bonds. The van der Waals surface area contributed by atoms with E-state index in [0.29, 0.717) is 0 Å². The molecule has 0 unspecified atom stereocenters. The summed E-state index contributed by atoms with van der Waals surface area (Å²) in [7, 11) is 0. The average molecular weight is 331 g/mol. The van der Waals surface area contributed by atoms with E-state index in [9.17, 15) is 0 Å². The van der Waals surface area contributed by atoms with Crippen molar-refractivity contribution in [1.29, 1.82) is 0 Å². The largest absolute Gasteiger partial charge is 0.492 e. The molecule has 2 rings (SSSR count). The normalized spacial score (nSPS) is 16.6. The number of hydrogen-bond acceptors (Lipinski definition) is 2. The number of hydrogen-bond donors (Lipinski definition) is 0. The lowest BCUT2D eigenvalue weighted by Crippen LogP contribution is -2.21. The predicted molar refractivity (Wildman–Crippen MR) is 74.9 cm³/mol. The fourth-order valence-electron chi connectivity index (χ4n) is 2.04. The van der Waals surface area contributed by atoms with Crippen LogP contribution in [0.2, 0.25) is 0 Å². The molecule has 0 saturated carbocycles. The highest BCUT2D eigenvalue weighted by molar-refractivity contribution is 14.1. The van der Waals surface area contributed by atoms with Crippen LogP contribution in [-0.2, 0) is 0 Å². The third-order valence-corrected chi connectivity index (χ3v) is 3.80. The molecule has 0 aliphatic carbocycles. The van der Waals surface area contributed by atoms with E-state index in [1.165, 1.54) is 36.0 Å². The van der Waals surface area contributed by atoms with Gasteiger partial charge < -0.3 is 9.64 Å². The summed E-state index contributed by atoms with van der Waals surface area (Å²) in [6, 6.07) is 8.19. The summed E-state index contributed by atoms with van der Waals surface area (Å²) >= 11 is 2.31. The van der Waals surface area contributed by atoms with Gasteiger partial charge in [-0.25, -0.2) is 0 Å². The van der Waals surface area contributed by atoms with E-state index in [0.717, 1.165) is 18.8 Å². The molecule has 1 aliphatic heterocycles. The van der Waals surface area contributed by atoms with Crippen molar-refractivity contribution in [3.8, 4) is 5.75 Å². The van der Waals surface area contributed by atoms with Crippen molar-refractivity contribution in [2.45, 2.75) is 19.3 Å². The van der Waals surface area contributed by atoms with Crippen LogP contribution in [0.25, 0.3) is 0 Å². The van der Waals surface area contributed by atoms with E-state index < -0.39 is 0 Å². The number of halogens is 1. The third-order valence-electron chi connectivity index (χ3n) is 2.91. The van der Waals surface area contributed by atoms with E-state index >= 15 is 0 Å². The zero-order valence-electron chi connectivity index (χ0n) is 9.49. The summed E-state index contributed by atoms with van der Waals surface area (Å²) in [5, 5.41) is 0. The molecule has 1 fully saturated rings. The van der Waals surface area contributed by atoms with Gasteiger partial charge in [-0.2, -0.15) is 0 Å². The molecule has 0 aromatic heterocycles. The number of rotatable bonds is 5. The van der Waals surface area contributed by atoms with Crippen LogP contribution in [0.3, 0.4) is 0 Å². The Kier molecular flexibility index (Phi) is 4.91. The second-order valence-electron chi connectivity index (χ2n) is 4.18. The van der Waals surface area contributed by atoms with Crippen LogP contribution in [0, 0.1) is 3.57 Å². The zero-order chi connectivity index (χ0) is 11.2. The second-order valence-corrected chi connectivity index (χ2v) is 5.34. The molecular weight excluding hydrogens is 313 g/mol. The Morgan fingerprint density at radius 2 is 1.94 bits per heavy atom. The molecule has 1 aromatic rings. The molecular formula is C13H18INO. The average Bonchev–Trinajstić information content (AvgIpc) is 2.79. The van der Waals surface area contributed by atoms with Crippen LogP contribution < -0.4 is 4.74 Å². The van der Waals surface area contributed by atoms with E-state index in [1.54, 1.807) is 0 Å². The van der Waals surface area contributed by atoms with E-state index in [-0.39, 0.29) is 0 Å². The maximum atomic E-state index is 5.76. The summed E-state index contributed by atoms with van der Waals surface area (Å²) in [5.74, 6) is 1.02. The highest BCUT2D eigenvalue weighted by Crippen LogP contribution is 2.19. The van der Waals surface area contributed by atoms with E-state index in [4.69, 9.17) is 4.74 Å². The molecule has 16 heavy (non-hydrogen) atoms. The van der Waals surface area contributed by atoms with Crippen molar-refractivity contribution in [3.63, 3.8) is 0 Å². The molecule has 0 spiro atoms. The Labute approximate surface area is 111 Å². The van der Waals surface area contributed by atoms with Crippen molar-refractivity contribution in [2.75, 3.05) is 26.2 Å². The van der Waals surface area contributed by atoms with Gasteiger partial charge in [-0.3, -0.25) is 0 Å². The smallest absolute Gasteiger partial charge is 0.132 e. The Morgan fingerprint density at radius 3 is 2.69 bits per heavy atom. The van der Waals surface area contributed by atoms with Gasteiger partial charge in [0.2, 0.25) is 0 Å². The highest BCUT2D eigenvalue weighted by Gasteiger charge is 2.10. The first-order chi connectivity index (χ1) is 7.86. The van der Waals surface area contributed by atoms with Crippen molar-refractivity contribution in [2.24, 2.45) is 0 Å². The molecule has 88 valence electrons. The van der Waals surface area contributed by atoms with Gasteiger partial charge in [-0.15, -0.1) is 0 Å². The van der Waals surface area contributed by atoms with Crippen LogP contribution in [0.4, 0.5) is 0 Å². The summed E-state index contributed by atoms with van der Waals surface area (Å²) in [6.07, 6.45) is 3.87. The van der Waals surface area contributed by atoms with Crippen molar-refractivity contribution < 1.29 is 4.74 Å². The first-order valence-electron chi connectivity index (χ1n) is 5.96. The molecule has 1 aromatic carbocycles. The Hall–Kier alpha value is -0.290. The quantitative estimate of drug-likeness (QED) is 0.607. The van der Waals surface area contributed by atoms with Gasteiger partial charge in [-0.05, 0) is 67.1 Å². The molecule has 3 heteroatoms. The number of para-hydroxylation sites is 1. The SMILES string of the molecule is Ic1ccccc1OCCCN1CCCC1. The maximum Gasteiger partial charge on any atom is 0.132 e. The lowest BCUT2D eigenvalue weighted by molar-refractivity contribution is 0.262. The molecule has 1 saturated heterocycles. The number of ether oxygens (including phenoxy) is 1. The van der Waals surface area contributed by atoms with Crippen molar-refractivity contribution >= 4 is 22.6 Å². The van der Waals surface area contributed by atoms with Crippen LogP contribution in [0.5, 0.6) is 5.75 Å². The minimum Gasteiger partial charge on any atom is -0.492 e. The Balaban J connectivity index is 1.66. The minimum absolute atomic E-state index is 0.830. The van der Waals surface area contributed by atoms with Crippen LogP contribution in [0.1, 0.15) is 19.3 Å². The topological polar surface area (TPSA) is 12.5 Å². The third kappa shape index (κ3) is 3.63. The molecule has 0 radical (unpaired) electrons. The van der Waals surface area contributed by atoms with E-state index in [2.05, 4.69) is 33.6 Å². The molecule has 0 N–H and O–H groups in total. The highest BCUT2D eigenvalue weighted by atomic mass is 127. The van der Waals surface area contributed by atoms with Crippen LogP contribution >= 0.6 is 22.6 Å². The van der Waals surface area contributed by atoms with Gasteiger partial charge >= 0.3 is 0 Å². The van der Waals surface area contributed by atoms with Gasteiger partial charge in [-0.1, -0.05) is 12.1 Å². The zero-order valence-corrected chi connectivity index (χ0v) is 11.7. The van der Waals surface area contributed by atoms with Gasteiger partial charge in [0.1, 0.15) is 5.75 Å². The summed E-state index contributed by atoms with van der Waals surface area (Å²) in [6.45, 7) is 4.58. The van der Waals surface area contributed by atoms with Crippen molar-refractivity contribution in [1.82, 2.24) is 4.90 Å². The lowest BCUT2D eigenvalue weighted by Gasteiger charge is -2.14. The molecule has 0 atom stereocenters. The second kappa shape index (κ2) is 6.45. The minimum atomic E-state index is 0.830. The number of nitrogens with zero attached hydrogens (tertiary/aromatic N) is 1. The molecule has 1 aliphatic rings. The van der Waals surface area contributed by atoms with Gasteiger partial charge in [0.25, 0.3) is 0 Å². The fraction of sp³-hybridized carbons (Fsp3) is 0.538.